The first-order chi connectivity index (χ1) is 7.64. The number of rotatable bonds is 4. The van der Waals surface area contributed by atoms with Gasteiger partial charge in [-0.15, -0.1) is 0 Å². The van der Waals surface area contributed by atoms with E-state index in [1.165, 1.54) is 0 Å². The summed E-state index contributed by atoms with van der Waals surface area (Å²) in [6, 6.07) is 3.74. The zero-order valence-electron chi connectivity index (χ0n) is 9.71. The van der Waals surface area contributed by atoms with Gasteiger partial charge in [-0.3, -0.25) is 4.79 Å². The van der Waals surface area contributed by atoms with Gasteiger partial charge < -0.3 is 10.6 Å². The molecule has 0 atom stereocenters. The molecule has 0 aliphatic heterocycles. The van der Waals surface area contributed by atoms with E-state index in [0.717, 1.165) is 25.1 Å². The molecule has 2 N–H and O–H groups in total. The second-order valence-corrected chi connectivity index (χ2v) is 4.48. The molecule has 0 radical (unpaired) electrons. The normalized spacial score (nSPS) is 16.6. The van der Waals surface area contributed by atoms with Crippen molar-refractivity contribution in [2.24, 2.45) is 5.41 Å². The van der Waals surface area contributed by atoms with E-state index in [2.05, 4.69) is 15.6 Å². The minimum absolute atomic E-state index is 0.0798. The molecule has 1 aliphatic rings. The molecule has 0 bridgehead atoms. The monoisotopic (exact) mass is 219 g/mol. The SMILES string of the molecule is CCNc1ccc(NC(=O)C2(C)CC2)nc1. The van der Waals surface area contributed by atoms with E-state index < -0.39 is 0 Å². The lowest BCUT2D eigenvalue weighted by molar-refractivity contribution is -0.120. The van der Waals surface area contributed by atoms with Crippen molar-refractivity contribution in [1.82, 2.24) is 4.98 Å². The van der Waals surface area contributed by atoms with Crippen LogP contribution in [0.4, 0.5) is 11.5 Å². The third-order valence-corrected chi connectivity index (χ3v) is 2.93. The predicted molar refractivity (Wildman–Crippen MR) is 64.4 cm³/mol. The highest BCUT2D eigenvalue weighted by Gasteiger charge is 2.44. The largest absolute Gasteiger partial charge is 0.384 e. The predicted octanol–water partition coefficient (Wildman–Crippen LogP) is 2.25. The molecule has 86 valence electrons. The topological polar surface area (TPSA) is 54.0 Å². The van der Waals surface area contributed by atoms with Crippen LogP contribution in [0.2, 0.25) is 0 Å². The minimum Gasteiger partial charge on any atom is -0.384 e. The molecule has 1 amide bonds. The summed E-state index contributed by atoms with van der Waals surface area (Å²) in [7, 11) is 0. The average molecular weight is 219 g/mol. The molecule has 1 heterocycles. The third-order valence-electron chi connectivity index (χ3n) is 2.93. The van der Waals surface area contributed by atoms with E-state index in [0.29, 0.717) is 5.82 Å². The van der Waals surface area contributed by atoms with Crippen LogP contribution in [0.1, 0.15) is 26.7 Å². The number of aromatic nitrogens is 1. The number of pyridine rings is 1. The summed E-state index contributed by atoms with van der Waals surface area (Å²) in [6.45, 7) is 4.88. The van der Waals surface area contributed by atoms with Crippen LogP contribution in [0.5, 0.6) is 0 Å². The fourth-order valence-electron chi connectivity index (χ4n) is 1.46. The summed E-state index contributed by atoms with van der Waals surface area (Å²) in [5.74, 6) is 0.705. The van der Waals surface area contributed by atoms with E-state index in [1.54, 1.807) is 6.20 Å². The molecular weight excluding hydrogens is 202 g/mol. The number of carbonyl (C=O) groups is 1. The van der Waals surface area contributed by atoms with Crippen molar-refractivity contribution >= 4 is 17.4 Å². The molecule has 0 saturated heterocycles. The molecule has 1 aromatic rings. The first kappa shape index (κ1) is 10.9. The summed E-state index contributed by atoms with van der Waals surface area (Å²) in [6.07, 6.45) is 3.69. The number of hydrogen-bond donors (Lipinski definition) is 2. The quantitative estimate of drug-likeness (QED) is 0.816. The van der Waals surface area contributed by atoms with Crippen molar-refractivity contribution in [3.8, 4) is 0 Å². The van der Waals surface area contributed by atoms with Gasteiger partial charge in [-0.2, -0.15) is 0 Å². The zero-order chi connectivity index (χ0) is 11.6. The van der Waals surface area contributed by atoms with Gasteiger partial charge in [0.2, 0.25) is 5.91 Å². The molecule has 0 aromatic carbocycles. The molecule has 1 fully saturated rings. The van der Waals surface area contributed by atoms with Crippen LogP contribution in [0, 0.1) is 5.41 Å². The smallest absolute Gasteiger partial charge is 0.231 e. The first-order valence-corrected chi connectivity index (χ1v) is 5.65. The fourth-order valence-corrected chi connectivity index (χ4v) is 1.46. The molecule has 1 saturated carbocycles. The van der Waals surface area contributed by atoms with Gasteiger partial charge in [-0.25, -0.2) is 4.98 Å². The van der Waals surface area contributed by atoms with Gasteiger partial charge in [0.1, 0.15) is 5.82 Å². The number of nitrogens with one attached hydrogen (secondary N) is 2. The standard InChI is InChI=1S/C12H17N3O/c1-3-13-9-4-5-10(14-8-9)15-11(16)12(2)6-7-12/h4-5,8,13H,3,6-7H2,1-2H3,(H,14,15,16). The summed E-state index contributed by atoms with van der Waals surface area (Å²) >= 11 is 0. The molecule has 1 aromatic heterocycles. The van der Waals surface area contributed by atoms with Crippen molar-refractivity contribution in [3.63, 3.8) is 0 Å². The molecular formula is C12H17N3O. The fraction of sp³-hybridized carbons (Fsp3) is 0.500. The Morgan fingerprint density at radius 1 is 1.50 bits per heavy atom. The highest BCUT2D eigenvalue weighted by molar-refractivity contribution is 5.96. The Morgan fingerprint density at radius 3 is 2.75 bits per heavy atom. The molecule has 16 heavy (non-hydrogen) atoms. The van der Waals surface area contributed by atoms with E-state index in [1.807, 2.05) is 26.0 Å². The molecule has 0 spiro atoms. The van der Waals surface area contributed by atoms with Crippen LogP contribution in [-0.4, -0.2) is 17.4 Å². The van der Waals surface area contributed by atoms with Crippen molar-refractivity contribution in [3.05, 3.63) is 18.3 Å². The second kappa shape index (κ2) is 4.12. The maximum Gasteiger partial charge on any atom is 0.231 e. The van der Waals surface area contributed by atoms with Crippen LogP contribution < -0.4 is 10.6 Å². The van der Waals surface area contributed by atoms with E-state index >= 15 is 0 Å². The highest BCUT2D eigenvalue weighted by Crippen LogP contribution is 2.45. The van der Waals surface area contributed by atoms with Gasteiger partial charge in [0.25, 0.3) is 0 Å². The highest BCUT2D eigenvalue weighted by atomic mass is 16.2. The Morgan fingerprint density at radius 2 is 2.25 bits per heavy atom. The van der Waals surface area contributed by atoms with Gasteiger partial charge >= 0.3 is 0 Å². The molecule has 1 aliphatic carbocycles. The summed E-state index contributed by atoms with van der Waals surface area (Å²) in [5, 5.41) is 5.99. The molecule has 4 heteroatoms. The van der Waals surface area contributed by atoms with Gasteiger partial charge in [0, 0.05) is 12.0 Å². The number of hydrogen-bond acceptors (Lipinski definition) is 3. The Labute approximate surface area is 95.5 Å². The van der Waals surface area contributed by atoms with E-state index in [9.17, 15) is 4.79 Å². The number of nitrogens with zero attached hydrogens (tertiary/aromatic N) is 1. The Balaban J connectivity index is 1.97. The lowest BCUT2D eigenvalue weighted by atomic mass is 10.1. The summed E-state index contributed by atoms with van der Waals surface area (Å²) in [4.78, 5) is 15.9. The van der Waals surface area contributed by atoms with Crippen molar-refractivity contribution in [1.29, 1.82) is 0 Å². The van der Waals surface area contributed by atoms with Gasteiger partial charge in [-0.1, -0.05) is 6.92 Å². The maximum atomic E-state index is 11.7. The number of amides is 1. The lowest BCUT2D eigenvalue weighted by Crippen LogP contribution is -2.21. The van der Waals surface area contributed by atoms with Gasteiger partial charge in [0.05, 0.1) is 11.9 Å². The first-order valence-electron chi connectivity index (χ1n) is 5.65. The van der Waals surface area contributed by atoms with Crippen LogP contribution in [-0.2, 0) is 4.79 Å². The summed E-state index contributed by atoms with van der Waals surface area (Å²) in [5.41, 5.74) is 0.820. The number of carbonyl (C=O) groups excluding carboxylic acids is 1. The maximum absolute atomic E-state index is 11.7. The molecule has 4 nitrogen and oxygen atoms in total. The van der Waals surface area contributed by atoms with Crippen LogP contribution in [0.25, 0.3) is 0 Å². The Bertz CT molecular complexity index is 382. The van der Waals surface area contributed by atoms with Crippen LogP contribution >= 0.6 is 0 Å². The summed E-state index contributed by atoms with van der Waals surface area (Å²) < 4.78 is 0. The molecule has 2 rings (SSSR count). The zero-order valence-corrected chi connectivity index (χ0v) is 9.71. The Kier molecular flexibility index (Phi) is 2.81. The minimum atomic E-state index is -0.151. The van der Waals surface area contributed by atoms with Crippen molar-refractivity contribution in [2.45, 2.75) is 26.7 Å². The van der Waals surface area contributed by atoms with Gasteiger partial charge in [-0.05, 0) is 31.9 Å². The van der Waals surface area contributed by atoms with E-state index in [4.69, 9.17) is 0 Å². The van der Waals surface area contributed by atoms with Crippen LogP contribution in [0.3, 0.4) is 0 Å². The van der Waals surface area contributed by atoms with Gasteiger partial charge in [0.15, 0.2) is 0 Å². The second-order valence-electron chi connectivity index (χ2n) is 4.48. The number of anilines is 2. The average Bonchev–Trinajstić information content (AvgIpc) is 3.01. The lowest BCUT2D eigenvalue weighted by Gasteiger charge is -2.09. The van der Waals surface area contributed by atoms with Crippen molar-refractivity contribution < 1.29 is 4.79 Å². The third kappa shape index (κ3) is 2.32. The van der Waals surface area contributed by atoms with Crippen LogP contribution in [0.15, 0.2) is 18.3 Å². The Hall–Kier alpha value is -1.58. The van der Waals surface area contributed by atoms with Crippen molar-refractivity contribution in [2.75, 3.05) is 17.2 Å². The van der Waals surface area contributed by atoms with E-state index in [-0.39, 0.29) is 11.3 Å². The molecule has 0 unspecified atom stereocenters.